The van der Waals surface area contributed by atoms with Crippen LogP contribution in [0.25, 0.3) is 0 Å². The van der Waals surface area contributed by atoms with Crippen LogP contribution in [0.15, 0.2) is 16.1 Å². The van der Waals surface area contributed by atoms with Gasteiger partial charge in [-0.05, 0) is 12.3 Å². The predicted octanol–water partition coefficient (Wildman–Crippen LogP) is 1.61. The van der Waals surface area contributed by atoms with Gasteiger partial charge in [-0.15, -0.1) is 11.8 Å². The van der Waals surface area contributed by atoms with Crippen molar-refractivity contribution < 1.29 is 0 Å². The highest BCUT2D eigenvalue weighted by atomic mass is 32.2. The van der Waals surface area contributed by atoms with Crippen LogP contribution in [0.2, 0.25) is 0 Å². The van der Waals surface area contributed by atoms with Crippen molar-refractivity contribution in [1.29, 1.82) is 0 Å². The van der Waals surface area contributed by atoms with Crippen molar-refractivity contribution >= 4 is 28.7 Å². The van der Waals surface area contributed by atoms with Gasteiger partial charge in [-0.25, -0.2) is 4.99 Å². The van der Waals surface area contributed by atoms with E-state index in [0.29, 0.717) is 0 Å². The molecule has 0 radical (unpaired) electrons. The van der Waals surface area contributed by atoms with Crippen molar-refractivity contribution in [2.24, 2.45) is 4.99 Å². The van der Waals surface area contributed by atoms with Gasteiger partial charge in [0.05, 0.1) is 5.03 Å². The number of hydrogen-bond donors (Lipinski definition) is 0. The standard InChI is InChI=1S/C7H10N2S2/c1-10-6-2-3-9-4-5-11-7(9)8-6/h2H,3-5H2,1H3. The van der Waals surface area contributed by atoms with E-state index in [2.05, 4.69) is 22.2 Å². The highest BCUT2D eigenvalue weighted by Crippen LogP contribution is 2.26. The summed E-state index contributed by atoms with van der Waals surface area (Å²) in [7, 11) is 0. The minimum absolute atomic E-state index is 1.06. The van der Waals surface area contributed by atoms with Crippen molar-refractivity contribution in [1.82, 2.24) is 4.90 Å². The molecule has 2 nitrogen and oxygen atoms in total. The van der Waals surface area contributed by atoms with Gasteiger partial charge < -0.3 is 4.90 Å². The monoisotopic (exact) mass is 186 g/mol. The number of fused-ring (bicyclic) bond motifs is 1. The van der Waals surface area contributed by atoms with E-state index in [4.69, 9.17) is 0 Å². The summed E-state index contributed by atoms with van der Waals surface area (Å²) in [6.07, 6.45) is 4.27. The van der Waals surface area contributed by atoms with E-state index in [1.165, 1.54) is 22.5 Å². The molecule has 11 heavy (non-hydrogen) atoms. The Hall–Kier alpha value is -0.0900. The van der Waals surface area contributed by atoms with Gasteiger partial charge in [0.15, 0.2) is 5.17 Å². The molecule has 1 saturated heterocycles. The fourth-order valence-electron chi connectivity index (χ4n) is 1.16. The summed E-state index contributed by atoms with van der Waals surface area (Å²) in [5.74, 6) is 1.20. The van der Waals surface area contributed by atoms with E-state index in [0.717, 1.165) is 6.54 Å². The summed E-state index contributed by atoms with van der Waals surface area (Å²) in [5, 5.41) is 2.39. The van der Waals surface area contributed by atoms with E-state index in [-0.39, 0.29) is 0 Å². The molecule has 0 aromatic rings. The van der Waals surface area contributed by atoms with Gasteiger partial charge in [-0.1, -0.05) is 11.8 Å². The van der Waals surface area contributed by atoms with Crippen molar-refractivity contribution in [3.05, 3.63) is 11.1 Å². The largest absolute Gasteiger partial charge is 0.346 e. The topological polar surface area (TPSA) is 15.6 Å². The molecule has 0 aromatic carbocycles. The second kappa shape index (κ2) is 3.11. The lowest BCUT2D eigenvalue weighted by Crippen LogP contribution is -2.26. The van der Waals surface area contributed by atoms with E-state index >= 15 is 0 Å². The zero-order valence-electron chi connectivity index (χ0n) is 6.41. The Kier molecular flexibility index (Phi) is 2.13. The fraction of sp³-hybridized carbons (Fsp3) is 0.571. The average molecular weight is 186 g/mol. The number of aliphatic imine (C=N–C) groups is 1. The van der Waals surface area contributed by atoms with Gasteiger partial charge >= 0.3 is 0 Å². The minimum Gasteiger partial charge on any atom is -0.346 e. The molecule has 2 rings (SSSR count). The molecular weight excluding hydrogens is 176 g/mol. The first-order chi connectivity index (χ1) is 5.40. The van der Waals surface area contributed by atoms with Crippen molar-refractivity contribution in [3.63, 3.8) is 0 Å². The van der Waals surface area contributed by atoms with E-state index in [9.17, 15) is 0 Å². The van der Waals surface area contributed by atoms with Crippen molar-refractivity contribution in [3.8, 4) is 0 Å². The molecule has 0 atom stereocenters. The quantitative estimate of drug-likeness (QED) is 0.618. The van der Waals surface area contributed by atoms with Gasteiger partial charge in [0, 0.05) is 18.8 Å². The Morgan fingerprint density at radius 2 is 2.64 bits per heavy atom. The number of thioether (sulfide) groups is 2. The van der Waals surface area contributed by atoms with Gasteiger partial charge in [0.25, 0.3) is 0 Å². The molecule has 0 bridgehead atoms. The third-order valence-corrected chi connectivity index (χ3v) is 3.43. The lowest BCUT2D eigenvalue weighted by atomic mass is 10.5. The number of amidine groups is 1. The van der Waals surface area contributed by atoms with Crippen molar-refractivity contribution in [2.45, 2.75) is 0 Å². The molecule has 2 aliphatic heterocycles. The Bertz CT molecular complexity index is 222. The van der Waals surface area contributed by atoms with E-state index in [1.807, 2.05) is 11.8 Å². The Morgan fingerprint density at radius 1 is 1.73 bits per heavy atom. The molecule has 0 N–H and O–H groups in total. The molecule has 0 unspecified atom stereocenters. The molecule has 4 heteroatoms. The highest BCUT2D eigenvalue weighted by molar-refractivity contribution is 8.14. The third-order valence-electron chi connectivity index (χ3n) is 1.76. The zero-order chi connectivity index (χ0) is 7.68. The van der Waals surface area contributed by atoms with E-state index in [1.54, 1.807) is 11.8 Å². The molecule has 0 saturated carbocycles. The van der Waals surface area contributed by atoms with Crippen LogP contribution in [0.3, 0.4) is 0 Å². The van der Waals surface area contributed by atoms with E-state index < -0.39 is 0 Å². The second-order valence-corrected chi connectivity index (χ2v) is 4.32. The number of nitrogens with zero attached hydrogens (tertiary/aromatic N) is 2. The maximum atomic E-state index is 4.49. The molecule has 1 fully saturated rings. The third kappa shape index (κ3) is 1.42. The normalized spacial score (nSPS) is 22.8. The summed E-state index contributed by atoms with van der Waals surface area (Å²) >= 11 is 3.60. The van der Waals surface area contributed by atoms with Crippen LogP contribution in [-0.2, 0) is 0 Å². The molecule has 0 spiro atoms. The molecule has 2 aliphatic rings. The second-order valence-electron chi connectivity index (χ2n) is 2.44. The summed E-state index contributed by atoms with van der Waals surface area (Å²) < 4.78 is 0. The average Bonchev–Trinajstić information content (AvgIpc) is 2.50. The maximum Gasteiger partial charge on any atom is 0.165 e. The summed E-state index contributed by atoms with van der Waals surface area (Å²) in [4.78, 5) is 6.82. The Balaban J connectivity index is 2.17. The van der Waals surface area contributed by atoms with Crippen LogP contribution in [0.5, 0.6) is 0 Å². The summed E-state index contributed by atoms with van der Waals surface area (Å²) in [6, 6.07) is 0. The first-order valence-electron chi connectivity index (χ1n) is 3.61. The van der Waals surface area contributed by atoms with Crippen LogP contribution in [0.4, 0.5) is 0 Å². The Morgan fingerprint density at radius 3 is 3.45 bits per heavy atom. The molecule has 0 amide bonds. The molecular formula is C7H10N2S2. The van der Waals surface area contributed by atoms with Crippen LogP contribution in [-0.4, -0.2) is 35.2 Å². The lowest BCUT2D eigenvalue weighted by Gasteiger charge is -2.19. The molecule has 60 valence electrons. The molecule has 0 aromatic heterocycles. The SMILES string of the molecule is CSC1=CCN2CCSC2=N1. The summed E-state index contributed by atoms with van der Waals surface area (Å²) in [6.45, 7) is 2.23. The van der Waals surface area contributed by atoms with Gasteiger partial charge in [-0.2, -0.15) is 0 Å². The Labute approximate surface area is 75.1 Å². The predicted molar refractivity (Wildman–Crippen MR) is 53.1 cm³/mol. The zero-order valence-corrected chi connectivity index (χ0v) is 8.04. The molecule has 0 aliphatic carbocycles. The van der Waals surface area contributed by atoms with Gasteiger partial charge in [-0.3, -0.25) is 0 Å². The van der Waals surface area contributed by atoms with Crippen LogP contribution in [0, 0.1) is 0 Å². The minimum atomic E-state index is 1.06. The first-order valence-corrected chi connectivity index (χ1v) is 5.82. The highest BCUT2D eigenvalue weighted by Gasteiger charge is 2.21. The van der Waals surface area contributed by atoms with Gasteiger partial charge in [0.1, 0.15) is 0 Å². The fourth-order valence-corrected chi connectivity index (χ4v) is 2.65. The van der Waals surface area contributed by atoms with Crippen LogP contribution < -0.4 is 0 Å². The summed E-state index contributed by atoms with van der Waals surface area (Å²) in [5.41, 5.74) is 0. The number of hydrogen-bond acceptors (Lipinski definition) is 4. The van der Waals surface area contributed by atoms with Crippen LogP contribution >= 0.6 is 23.5 Å². The lowest BCUT2D eigenvalue weighted by molar-refractivity contribution is 0.506. The van der Waals surface area contributed by atoms with Crippen LogP contribution in [0.1, 0.15) is 0 Å². The number of rotatable bonds is 1. The van der Waals surface area contributed by atoms with Crippen molar-refractivity contribution in [2.75, 3.05) is 25.1 Å². The van der Waals surface area contributed by atoms with Gasteiger partial charge in [0.2, 0.25) is 0 Å². The smallest absolute Gasteiger partial charge is 0.165 e. The maximum absolute atomic E-state index is 4.49. The molecule has 2 heterocycles. The first kappa shape index (κ1) is 7.55.